The third-order valence-electron chi connectivity index (χ3n) is 3.52. The van der Waals surface area contributed by atoms with E-state index in [1.807, 2.05) is 17.8 Å². The summed E-state index contributed by atoms with van der Waals surface area (Å²) in [6.45, 7) is 5.16. The molecule has 0 aliphatic carbocycles. The summed E-state index contributed by atoms with van der Waals surface area (Å²) in [6, 6.07) is 6.62. The second-order valence-electron chi connectivity index (χ2n) is 4.82. The highest BCUT2D eigenvalue weighted by Gasteiger charge is 2.16. The van der Waals surface area contributed by atoms with Gasteiger partial charge in [-0.2, -0.15) is 5.10 Å². The predicted octanol–water partition coefficient (Wildman–Crippen LogP) is 2.90. The molecule has 0 amide bonds. The number of nitrogens with zero attached hydrogens (tertiary/aromatic N) is 2. The van der Waals surface area contributed by atoms with Gasteiger partial charge in [-0.3, -0.25) is 0 Å². The third-order valence-corrected chi connectivity index (χ3v) is 3.52. The van der Waals surface area contributed by atoms with E-state index in [2.05, 4.69) is 24.3 Å². The first-order chi connectivity index (χ1) is 9.71. The van der Waals surface area contributed by atoms with Crippen molar-refractivity contribution in [3.63, 3.8) is 0 Å². The summed E-state index contributed by atoms with van der Waals surface area (Å²) >= 11 is 0. The maximum absolute atomic E-state index is 13.4. The first-order valence-electron chi connectivity index (χ1n) is 7.21. The van der Waals surface area contributed by atoms with Crippen LogP contribution in [0, 0.1) is 5.82 Å². The summed E-state index contributed by atoms with van der Waals surface area (Å²) in [4.78, 5) is 0. The number of benzene rings is 1. The van der Waals surface area contributed by atoms with E-state index in [0.29, 0.717) is 0 Å². The molecular weight excluding hydrogens is 253 g/mol. The highest BCUT2D eigenvalue weighted by Crippen LogP contribution is 2.21. The smallest absolute Gasteiger partial charge is 0.125 e. The lowest BCUT2D eigenvalue weighted by Crippen LogP contribution is -2.12. The van der Waals surface area contributed by atoms with Gasteiger partial charge in [-0.15, -0.1) is 0 Å². The van der Waals surface area contributed by atoms with Crippen molar-refractivity contribution in [1.82, 2.24) is 15.1 Å². The maximum atomic E-state index is 13.4. The molecule has 1 N–H and O–H groups in total. The molecule has 0 fully saturated rings. The number of rotatable bonds is 6. The lowest BCUT2D eigenvalue weighted by Gasteiger charge is -2.08. The van der Waals surface area contributed by atoms with Gasteiger partial charge in [-0.1, -0.05) is 19.9 Å². The van der Waals surface area contributed by atoms with E-state index < -0.39 is 0 Å². The largest absolute Gasteiger partial charge is 0.319 e. The van der Waals surface area contributed by atoms with Gasteiger partial charge in [0.25, 0.3) is 0 Å². The molecule has 2 aromatic rings. The molecule has 1 aromatic carbocycles. The molecule has 2 rings (SSSR count). The summed E-state index contributed by atoms with van der Waals surface area (Å²) in [6.07, 6.45) is 2.75. The van der Waals surface area contributed by atoms with Crippen molar-refractivity contribution >= 4 is 0 Å². The van der Waals surface area contributed by atoms with Gasteiger partial charge in [-0.05, 0) is 56.6 Å². The Morgan fingerprint density at radius 1 is 1.25 bits per heavy atom. The van der Waals surface area contributed by atoms with E-state index in [0.717, 1.165) is 37.2 Å². The molecule has 0 spiro atoms. The average Bonchev–Trinajstić information content (AvgIpc) is 2.82. The number of hydrogen-bond acceptors (Lipinski definition) is 2. The fraction of sp³-hybridized carbons (Fsp3) is 0.438. The molecule has 4 heteroatoms. The lowest BCUT2D eigenvalue weighted by molar-refractivity contribution is 0.624. The van der Waals surface area contributed by atoms with Crippen molar-refractivity contribution in [3.8, 4) is 5.69 Å². The number of nitrogens with one attached hydrogen (secondary N) is 1. The highest BCUT2D eigenvalue weighted by atomic mass is 19.1. The average molecular weight is 275 g/mol. The van der Waals surface area contributed by atoms with Crippen molar-refractivity contribution in [2.45, 2.75) is 33.1 Å². The molecular formula is C16H22FN3. The first-order valence-corrected chi connectivity index (χ1v) is 7.21. The molecule has 0 unspecified atom stereocenters. The van der Waals surface area contributed by atoms with E-state index in [-0.39, 0.29) is 5.82 Å². The van der Waals surface area contributed by atoms with Crippen molar-refractivity contribution in [3.05, 3.63) is 47.0 Å². The minimum absolute atomic E-state index is 0.227. The zero-order valence-electron chi connectivity index (χ0n) is 12.4. The monoisotopic (exact) mass is 275 g/mol. The van der Waals surface area contributed by atoms with Crippen LogP contribution in [0.1, 0.15) is 30.8 Å². The number of aromatic nitrogens is 2. The van der Waals surface area contributed by atoms with Crippen LogP contribution in [0.4, 0.5) is 4.39 Å². The van der Waals surface area contributed by atoms with E-state index >= 15 is 0 Å². The van der Waals surface area contributed by atoms with Crippen LogP contribution < -0.4 is 5.32 Å². The van der Waals surface area contributed by atoms with E-state index in [4.69, 9.17) is 0 Å². The van der Waals surface area contributed by atoms with Crippen molar-refractivity contribution in [1.29, 1.82) is 0 Å². The van der Waals surface area contributed by atoms with Gasteiger partial charge < -0.3 is 5.32 Å². The SMILES string of the molecule is CCc1nn(-c2cccc(F)c2)c(CC)c1CCNC. The van der Waals surface area contributed by atoms with Gasteiger partial charge in [0.05, 0.1) is 11.4 Å². The third kappa shape index (κ3) is 2.90. The lowest BCUT2D eigenvalue weighted by atomic mass is 10.1. The molecule has 1 heterocycles. The number of halogens is 1. The summed E-state index contributed by atoms with van der Waals surface area (Å²) in [7, 11) is 1.95. The minimum atomic E-state index is -0.227. The first kappa shape index (κ1) is 14.7. The minimum Gasteiger partial charge on any atom is -0.319 e. The molecule has 0 bridgehead atoms. The van der Waals surface area contributed by atoms with Gasteiger partial charge >= 0.3 is 0 Å². The van der Waals surface area contributed by atoms with Gasteiger partial charge in [0, 0.05) is 5.69 Å². The molecule has 0 saturated heterocycles. The molecule has 0 saturated carbocycles. The molecule has 108 valence electrons. The predicted molar refractivity (Wildman–Crippen MR) is 79.9 cm³/mol. The Bertz CT molecular complexity index is 575. The van der Waals surface area contributed by atoms with Crippen molar-refractivity contribution < 1.29 is 4.39 Å². The fourth-order valence-corrected chi connectivity index (χ4v) is 2.54. The molecule has 0 atom stereocenters. The van der Waals surface area contributed by atoms with Gasteiger partial charge in [0.2, 0.25) is 0 Å². The van der Waals surface area contributed by atoms with Crippen LogP contribution in [-0.4, -0.2) is 23.4 Å². The van der Waals surface area contributed by atoms with Crippen LogP contribution in [0.5, 0.6) is 0 Å². The Morgan fingerprint density at radius 3 is 2.65 bits per heavy atom. The van der Waals surface area contributed by atoms with Gasteiger partial charge in [0.15, 0.2) is 0 Å². The zero-order valence-corrected chi connectivity index (χ0v) is 12.4. The summed E-state index contributed by atoms with van der Waals surface area (Å²) in [5, 5.41) is 7.87. The number of aryl methyl sites for hydroxylation is 1. The Kier molecular flexibility index (Phi) is 4.90. The number of hydrogen-bond donors (Lipinski definition) is 1. The van der Waals surface area contributed by atoms with Gasteiger partial charge in [0.1, 0.15) is 5.82 Å². The highest BCUT2D eigenvalue weighted by molar-refractivity contribution is 5.38. The van der Waals surface area contributed by atoms with Crippen LogP contribution in [0.3, 0.4) is 0 Å². The Hall–Kier alpha value is -1.68. The Morgan fingerprint density at radius 2 is 2.05 bits per heavy atom. The molecule has 20 heavy (non-hydrogen) atoms. The topological polar surface area (TPSA) is 29.9 Å². The van der Waals surface area contributed by atoms with Crippen LogP contribution in [0.25, 0.3) is 5.69 Å². The molecule has 1 aromatic heterocycles. The van der Waals surface area contributed by atoms with E-state index in [1.165, 1.54) is 23.4 Å². The summed E-state index contributed by atoms with van der Waals surface area (Å²) < 4.78 is 15.3. The normalized spacial score (nSPS) is 11.0. The Balaban J connectivity index is 2.50. The summed E-state index contributed by atoms with van der Waals surface area (Å²) in [5.41, 5.74) is 4.39. The molecule has 3 nitrogen and oxygen atoms in total. The standard InChI is InChI=1S/C16H22FN3/c1-4-15-14(9-10-18-3)16(5-2)20(19-15)13-8-6-7-12(17)11-13/h6-8,11,18H,4-5,9-10H2,1-3H3. The second-order valence-corrected chi connectivity index (χ2v) is 4.82. The molecule has 0 aliphatic heterocycles. The van der Waals surface area contributed by atoms with Crippen LogP contribution in [0.2, 0.25) is 0 Å². The molecule has 0 radical (unpaired) electrons. The summed E-state index contributed by atoms with van der Waals surface area (Å²) in [5.74, 6) is -0.227. The van der Waals surface area contributed by atoms with E-state index in [9.17, 15) is 4.39 Å². The van der Waals surface area contributed by atoms with Gasteiger partial charge in [-0.25, -0.2) is 9.07 Å². The maximum Gasteiger partial charge on any atom is 0.125 e. The van der Waals surface area contributed by atoms with Crippen LogP contribution in [-0.2, 0) is 19.3 Å². The van der Waals surface area contributed by atoms with Crippen molar-refractivity contribution in [2.75, 3.05) is 13.6 Å². The fourth-order valence-electron chi connectivity index (χ4n) is 2.54. The number of likely N-dealkylation sites (N-methyl/N-ethyl adjacent to an activating group) is 1. The zero-order chi connectivity index (χ0) is 14.5. The second kappa shape index (κ2) is 6.66. The quantitative estimate of drug-likeness (QED) is 0.878. The Labute approximate surface area is 119 Å². The molecule has 0 aliphatic rings. The van der Waals surface area contributed by atoms with Crippen LogP contribution in [0.15, 0.2) is 24.3 Å². The van der Waals surface area contributed by atoms with E-state index in [1.54, 1.807) is 6.07 Å². The van der Waals surface area contributed by atoms with Crippen molar-refractivity contribution in [2.24, 2.45) is 0 Å². The van der Waals surface area contributed by atoms with Crippen LogP contribution >= 0.6 is 0 Å².